The fourth-order valence-electron chi connectivity index (χ4n) is 2.00. The fraction of sp³-hybridized carbons (Fsp3) is 0.778. The van der Waals surface area contributed by atoms with Gasteiger partial charge in [-0.1, -0.05) is 0 Å². The Morgan fingerprint density at radius 3 is 3.06 bits per heavy atom. The minimum atomic E-state index is -0.781. The van der Waals surface area contributed by atoms with Crippen molar-refractivity contribution >= 4 is 5.97 Å². The molecular formula is C9H15N5O2. The summed E-state index contributed by atoms with van der Waals surface area (Å²) in [6, 6.07) is -0.297. The van der Waals surface area contributed by atoms with Crippen LogP contribution < -0.4 is 5.32 Å². The number of nitrogens with one attached hydrogen (secondary N) is 1. The van der Waals surface area contributed by atoms with Crippen LogP contribution in [0.25, 0.3) is 0 Å². The number of piperidine rings is 1. The molecule has 1 aliphatic heterocycles. The second kappa shape index (κ2) is 4.56. The van der Waals surface area contributed by atoms with E-state index in [0.29, 0.717) is 18.7 Å². The van der Waals surface area contributed by atoms with E-state index in [1.807, 2.05) is 0 Å². The van der Waals surface area contributed by atoms with Crippen molar-refractivity contribution in [1.82, 2.24) is 25.5 Å². The molecule has 0 saturated carbocycles. The minimum absolute atomic E-state index is 0.138. The number of carbonyl (C=O) groups is 1. The van der Waals surface area contributed by atoms with Crippen molar-refractivity contribution in [1.29, 1.82) is 0 Å². The van der Waals surface area contributed by atoms with Gasteiger partial charge in [0, 0.05) is 12.5 Å². The SMILES string of the molecule is Cn1nnc(CC2CCCC(C(=O)O)N2)n1. The number of aliphatic carboxylic acids is 1. The first-order chi connectivity index (χ1) is 7.65. The third-order valence-electron chi connectivity index (χ3n) is 2.76. The molecule has 7 heteroatoms. The van der Waals surface area contributed by atoms with Crippen LogP contribution in [0, 0.1) is 0 Å². The van der Waals surface area contributed by atoms with Crippen LogP contribution in [-0.4, -0.2) is 43.4 Å². The van der Waals surface area contributed by atoms with Crippen molar-refractivity contribution < 1.29 is 9.90 Å². The number of aryl methyl sites for hydroxylation is 1. The van der Waals surface area contributed by atoms with E-state index in [1.165, 1.54) is 4.80 Å². The van der Waals surface area contributed by atoms with Crippen molar-refractivity contribution in [2.45, 2.75) is 37.8 Å². The minimum Gasteiger partial charge on any atom is -0.480 e. The highest BCUT2D eigenvalue weighted by Gasteiger charge is 2.26. The highest BCUT2D eigenvalue weighted by atomic mass is 16.4. The van der Waals surface area contributed by atoms with Gasteiger partial charge in [0.05, 0.1) is 7.05 Å². The Kier molecular flexibility index (Phi) is 3.14. The monoisotopic (exact) mass is 225 g/mol. The first-order valence-corrected chi connectivity index (χ1v) is 5.37. The van der Waals surface area contributed by atoms with Crippen LogP contribution in [0.2, 0.25) is 0 Å². The number of tetrazole rings is 1. The highest BCUT2D eigenvalue weighted by molar-refractivity contribution is 5.73. The van der Waals surface area contributed by atoms with E-state index in [0.717, 1.165) is 12.8 Å². The average molecular weight is 225 g/mol. The molecule has 2 heterocycles. The molecule has 1 aromatic rings. The van der Waals surface area contributed by atoms with Gasteiger partial charge in [0.1, 0.15) is 6.04 Å². The van der Waals surface area contributed by atoms with E-state index in [4.69, 9.17) is 5.11 Å². The molecule has 1 fully saturated rings. The maximum Gasteiger partial charge on any atom is 0.320 e. The largest absolute Gasteiger partial charge is 0.480 e. The molecule has 2 N–H and O–H groups in total. The summed E-state index contributed by atoms with van der Waals surface area (Å²) < 4.78 is 0. The summed E-state index contributed by atoms with van der Waals surface area (Å²) >= 11 is 0. The number of rotatable bonds is 3. The van der Waals surface area contributed by atoms with Gasteiger partial charge >= 0.3 is 5.97 Å². The van der Waals surface area contributed by atoms with Gasteiger partial charge in [0.15, 0.2) is 5.82 Å². The lowest BCUT2D eigenvalue weighted by molar-refractivity contribution is -0.140. The summed E-state index contributed by atoms with van der Waals surface area (Å²) in [5.41, 5.74) is 0. The molecule has 0 spiro atoms. The first-order valence-electron chi connectivity index (χ1n) is 5.37. The Hall–Kier alpha value is -1.50. The Morgan fingerprint density at radius 1 is 1.62 bits per heavy atom. The standard InChI is InChI=1S/C9H15N5O2/c1-14-12-8(11-13-14)5-6-3-2-4-7(10-6)9(15)16/h6-7,10H,2-5H2,1H3,(H,15,16). The van der Waals surface area contributed by atoms with Gasteiger partial charge in [-0.2, -0.15) is 4.80 Å². The van der Waals surface area contributed by atoms with E-state index in [1.54, 1.807) is 7.05 Å². The Labute approximate surface area is 92.8 Å². The first kappa shape index (κ1) is 11.0. The van der Waals surface area contributed by atoms with E-state index in [2.05, 4.69) is 20.7 Å². The Morgan fingerprint density at radius 2 is 2.44 bits per heavy atom. The number of carboxylic acids is 1. The molecule has 2 atom stereocenters. The van der Waals surface area contributed by atoms with E-state index in [-0.39, 0.29) is 6.04 Å². The van der Waals surface area contributed by atoms with Crippen LogP contribution >= 0.6 is 0 Å². The maximum absolute atomic E-state index is 10.8. The van der Waals surface area contributed by atoms with Crippen molar-refractivity contribution in [2.75, 3.05) is 0 Å². The normalized spacial score (nSPS) is 25.6. The Balaban J connectivity index is 1.92. The Bertz CT molecular complexity index is 378. The number of carboxylic acid groups (broad SMARTS) is 1. The van der Waals surface area contributed by atoms with E-state index >= 15 is 0 Å². The molecule has 0 radical (unpaired) electrons. The van der Waals surface area contributed by atoms with Gasteiger partial charge in [0.25, 0.3) is 0 Å². The van der Waals surface area contributed by atoms with Crippen LogP contribution in [0.5, 0.6) is 0 Å². The molecule has 0 aromatic carbocycles. The third kappa shape index (κ3) is 2.54. The molecule has 7 nitrogen and oxygen atoms in total. The summed E-state index contributed by atoms with van der Waals surface area (Å²) in [5.74, 6) is -0.122. The summed E-state index contributed by atoms with van der Waals surface area (Å²) in [4.78, 5) is 12.3. The number of aromatic nitrogens is 4. The van der Waals surface area contributed by atoms with Crippen molar-refractivity contribution in [3.8, 4) is 0 Å². The molecule has 0 amide bonds. The van der Waals surface area contributed by atoms with Crippen LogP contribution in [0.15, 0.2) is 0 Å². The third-order valence-corrected chi connectivity index (χ3v) is 2.76. The van der Waals surface area contributed by atoms with Gasteiger partial charge < -0.3 is 10.4 Å². The molecule has 88 valence electrons. The number of hydrogen-bond donors (Lipinski definition) is 2. The fourth-order valence-corrected chi connectivity index (χ4v) is 2.00. The van der Waals surface area contributed by atoms with Gasteiger partial charge in [0.2, 0.25) is 0 Å². The summed E-state index contributed by atoms with van der Waals surface area (Å²) in [6.07, 6.45) is 3.22. The highest BCUT2D eigenvalue weighted by Crippen LogP contribution is 2.15. The molecule has 2 rings (SSSR count). The molecule has 16 heavy (non-hydrogen) atoms. The molecule has 0 bridgehead atoms. The van der Waals surface area contributed by atoms with Gasteiger partial charge in [-0.15, -0.1) is 10.2 Å². The maximum atomic E-state index is 10.8. The van der Waals surface area contributed by atoms with Crippen molar-refractivity contribution in [3.63, 3.8) is 0 Å². The zero-order valence-corrected chi connectivity index (χ0v) is 9.13. The number of hydrogen-bond acceptors (Lipinski definition) is 5. The van der Waals surface area contributed by atoms with E-state index in [9.17, 15) is 4.79 Å². The molecular weight excluding hydrogens is 210 g/mol. The number of nitrogens with zero attached hydrogens (tertiary/aromatic N) is 4. The summed E-state index contributed by atoms with van der Waals surface area (Å²) in [5, 5.41) is 23.7. The van der Waals surface area contributed by atoms with Gasteiger partial charge in [-0.05, 0) is 24.5 Å². The molecule has 1 aliphatic rings. The predicted octanol–water partition coefficient (Wildman–Crippen LogP) is -0.652. The lowest BCUT2D eigenvalue weighted by Gasteiger charge is -2.27. The topological polar surface area (TPSA) is 92.9 Å². The van der Waals surface area contributed by atoms with Crippen LogP contribution in [0.3, 0.4) is 0 Å². The average Bonchev–Trinajstić information content (AvgIpc) is 2.64. The molecule has 2 unspecified atom stereocenters. The smallest absolute Gasteiger partial charge is 0.320 e. The van der Waals surface area contributed by atoms with E-state index < -0.39 is 12.0 Å². The second-order valence-electron chi connectivity index (χ2n) is 4.08. The van der Waals surface area contributed by atoms with Gasteiger partial charge in [-0.3, -0.25) is 4.79 Å². The van der Waals surface area contributed by atoms with Crippen LogP contribution in [0.1, 0.15) is 25.1 Å². The van der Waals surface area contributed by atoms with Gasteiger partial charge in [-0.25, -0.2) is 0 Å². The van der Waals surface area contributed by atoms with Crippen LogP contribution in [0.4, 0.5) is 0 Å². The second-order valence-corrected chi connectivity index (χ2v) is 4.08. The van der Waals surface area contributed by atoms with Crippen LogP contribution in [-0.2, 0) is 18.3 Å². The molecule has 1 aromatic heterocycles. The predicted molar refractivity (Wildman–Crippen MR) is 54.7 cm³/mol. The molecule has 0 aliphatic carbocycles. The lowest BCUT2D eigenvalue weighted by atomic mass is 9.96. The van der Waals surface area contributed by atoms with Crippen molar-refractivity contribution in [2.24, 2.45) is 7.05 Å². The lowest BCUT2D eigenvalue weighted by Crippen LogP contribution is -2.47. The van der Waals surface area contributed by atoms with Crippen molar-refractivity contribution in [3.05, 3.63) is 5.82 Å². The summed E-state index contributed by atoms with van der Waals surface area (Å²) in [6.45, 7) is 0. The summed E-state index contributed by atoms with van der Waals surface area (Å²) in [7, 11) is 1.71. The quantitative estimate of drug-likeness (QED) is 0.710. The molecule has 1 saturated heterocycles. The zero-order valence-electron chi connectivity index (χ0n) is 9.13. The zero-order chi connectivity index (χ0) is 11.5.